The summed E-state index contributed by atoms with van der Waals surface area (Å²) in [5.74, 6) is -0.221. The Bertz CT molecular complexity index is 775. The van der Waals surface area contributed by atoms with Crippen LogP contribution in [-0.2, 0) is 6.54 Å². The largest absolute Gasteiger partial charge is 0.472 e. The lowest BCUT2D eigenvalue weighted by Gasteiger charge is -2.07. The fourth-order valence-corrected chi connectivity index (χ4v) is 2.64. The maximum atomic E-state index is 13.9. The van der Waals surface area contributed by atoms with Crippen LogP contribution in [0.5, 0.6) is 5.19 Å². The lowest BCUT2D eigenvalue weighted by atomic mass is 10.0. The molecule has 0 radical (unpaired) electrons. The summed E-state index contributed by atoms with van der Waals surface area (Å²) in [5.41, 5.74) is 2.49. The Morgan fingerprint density at radius 2 is 2.00 bits per heavy atom. The summed E-state index contributed by atoms with van der Waals surface area (Å²) < 4.78 is 18.9. The molecule has 0 spiro atoms. The highest BCUT2D eigenvalue weighted by molar-refractivity contribution is 7.16. The summed E-state index contributed by atoms with van der Waals surface area (Å²) in [6, 6.07) is 14.5. The quantitative estimate of drug-likeness (QED) is 0.774. The molecule has 0 amide bonds. The van der Waals surface area contributed by atoms with Gasteiger partial charge in [-0.25, -0.2) is 4.39 Å². The van der Waals surface area contributed by atoms with Gasteiger partial charge in [0.1, 0.15) is 5.82 Å². The summed E-state index contributed by atoms with van der Waals surface area (Å²) in [7, 11) is 1.56. The van der Waals surface area contributed by atoms with Gasteiger partial charge < -0.3 is 10.1 Å². The second kappa shape index (κ2) is 6.53. The maximum absolute atomic E-state index is 13.9. The van der Waals surface area contributed by atoms with Crippen LogP contribution < -0.4 is 10.1 Å². The van der Waals surface area contributed by atoms with E-state index in [1.807, 2.05) is 30.3 Å². The van der Waals surface area contributed by atoms with E-state index in [9.17, 15) is 4.39 Å². The van der Waals surface area contributed by atoms with E-state index in [0.717, 1.165) is 11.1 Å². The van der Waals surface area contributed by atoms with Gasteiger partial charge >= 0.3 is 0 Å². The van der Waals surface area contributed by atoms with Crippen molar-refractivity contribution >= 4 is 16.5 Å². The van der Waals surface area contributed by atoms with Crippen LogP contribution in [-0.4, -0.2) is 17.3 Å². The minimum absolute atomic E-state index is 0.221. The molecule has 1 N–H and O–H groups in total. The third-order valence-corrected chi connectivity index (χ3v) is 3.98. The molecule has 3 aromatic rings. The van der Waals surface area contributed by atoms with Crippen LogP contribution in [0.25, 0.3) is 11.1 Å². The first-order valence-corrected chi connectivity index (χ1v) is 7.53. The number of methoxy groups -OCH3 is 1. The van der Waals surface area contributed by atoms with Gasteiger partial charge in [-0.05, 0) is 34.6 Å². The van der Waals surface area contributed by atoms with Crippen LogP contribution in [0.2, 0.25) is 0 Å². The molecule has 22 heavy (non-hydrogen) atoms. The van der Waals surface area contributed by atoms with Crippen LogP contribution in [0.3, 0.4) is 0 Å². The third-order valence-electron chi connectivity index (χ3n) is 3.14. The van der Waals surface area contributed by atoms with Crippen molar-refractivity contribution in [3.63, 3.8) is 0 Å². The Kier molecular flexibility index (Phi) is 4.29. The second-order valence-corrected chi connectivity index (χ2v) is 5.55. The molecule has 1 heterocycles. The van der Waals surface area contributed by atoms with Crippen LogP contribution in [0.1, 0.15) is 5.56 Å². The Labute approximate surface area is 131 Å². The number of nitrogens with zero attached hydrogens (tertiary/aromatic N) is 2. The van der Waals surface area contributed by atoms with Gasteiger partial charge in [0.2, 0.25) is 5.13 Å². The SMILES string of the molecule is COc1nnc(NCc2cccc(-c3ccccc3F)c2)s1. The molecule has 0 aliphatic rings. The molecular formula is C16H14FN3OS. The molecule has 3 rings (SSSR count). The molecule has 0 unspecified atom stereocenters. The Morgan fingerprint density at radius 1 is 1.14 bits per heavy atom. The van der Waals surface area contributed by atoms with Crippen LogP contribution in [0.4, 0.5) is 9.52 Å². The monoisotopic (exact) mass is 315 g/mol. The highest BCUT2D eigenvalue weighted by Crippen LogP contribution is 2.25. The van der Waals surface area contributed by atoms with E-state index in [1.54, 1.807) is 19.2 Å². The van der Waals surface area contributed by atoms with Gasteiger partial charge in [-0.3, -0.25) is 0 Å². The first-order valence-electron chi connectivity index (χ1n) is 6.71. The number of halogens is 1. The number of nitrogens with one attached hydrogen (secondary N) is 1. The van der Waals surface area contributed by atoms with Crippen molar-refractivity contribution < 1.29 is 9.13 Å². The Morgan fingerprint density at radius 3 is 2.77 bits per heavy atom. The molecule has 0 aliphatic heterocycles. The van der Waals surface area contributed by atoms with Crippen LogP contribution >= 0.6 is 11.3 Å². The highest BCUT2D eigenvalue weighted by Gasteiger charge is 2.06. The first-order chi connectivity index (χ1) is 10.8. The standard InChI is InChI=1S/C16H14FN3OS/c1-21-16-20-19-15(22-16)18-10-11-5-4-6-12(9-11)13-7-2-3-8-14(13)17/h2-9H,10H2,1H3,(H,18,19). The van der Waals surface area contributed by atoms with Crippen molar-refractivity contribution in [1.82, 2.24) is 10.2 Å². The van der Waals surface area contributed by atoms with E-state index in [4.69, 9.17) is 4.74 Å². The molecule has 0 saturated carbocycles. The third kappa shape index (κ3) is 3.23. The zero-order valence-electron chi connectivity index (χ0n) is 11.9. The summed E-state index contributed by atoms with van der Waals surface area (Å²) in [6.07, 6.45) is 0. The lowest BCUT2D eigenvalue weighted by molar-refractivity contribution is 0.407. The van der Waals surface area contributed by atoms with Gasteiger partial charge in [0.25, 0.3) is 5.19 Å². The average molecular weight is 315 g/mol. The van der Waals surface area contributed by atoms with Crippen LogP contribution in [0, 0.1) is 5.82 Å². The van der Waals surface area contributed by atoms with Gasteiger partial charge in [-0.15, -0.1) is 5.10 Å². The average Bonchev–Trinajstić information content (AvgIpc) is 3.02. The highest BCUT2D eigenvalue weighted by atomic mass is 32.1. The molecule has 112 valence electrons. The molecule has 4 nitrogen and oxygen atoms in total. The smallest absolute Gasteiger partial charge is 0.295 e. The first kappa shape index (κ1) is 14.5. The fraction of sp³-hybridized carbons (Fsp3) is 0.125. The Hall–Kier alpha value is -2.47. The van der Waals surface area contributed by atoms with Gasteiger partial charge in [0.15, 0.2) is 0 Å². The van der Waals surface area contributed by atoms with Crippen molar-refractivity contribution in [3.05, 3.63) is 59.9 Å². The number of rotatable bonds is 5. The maximum Gasteiger partial charge on any atom is 0.295 e. The van der Waals surface area contributed by atoms with E-state index in [-0.39, 0.29) is 5.82 Å². The summed E-state index contributed by atoms with van der Waals surface area (Å²) in [6.45, 7) is 0.584. The fourth-order valence-electron chi connectivity index (χ4n) is 2.09. The molecule has 0 fully saturated rings. The van der Waals surface area contributed by atoms with E-state index >= 15 is 0 Å². The molecule has 1 aromatic heterocycles. The topological polar surface area (TPSA) is 47.0 Å². The van der Waals surface area contributed by atoms with Crippen molar-refractivity contribution in [2.24, 2.45) is 0 Å². The number of hydrogen-bond acceptors (Lipinski definition) is 5. The lowest BCUT2D eigenvalue weighted by Crippen LogP contribution is -1.99. The van der Waals surface area contributed by atoms with Crippen molar-refractivity contribution in [1.29, 1.82) is 0 Å². The van der Waals surface area contributed by atoms with Crippen molar-refractivity contribution in [2.45, 2.75) is 6.54 Å². The summed E-state index contributed by atoms with van der Waals surface area (Å²) in [5, 5.41) is 12.2. The normalized spacial score (nSPS) is 10.5. The number of benzene rings is 2. The van der Waals surface area contributed by atoms with Gasteiger partial charge in [0.05, 0.1) is 7.11 Å². The summed E-state index contributed by atoms with van der Waals surface area (Å²) in [4.78, 5) is 0. The molecule has 2 aromatic carbocycles. The van der Waals surface area contributed by atoms with Crippen molar-refractivity contribution in [2.75, 3.05) is 12.4 Å². The molecule has 0 atom stereocenters. The van der Waals surface area contributed by atoms with Crippen LogP contribution in [0.15, 0.2) is 48.5 Å². The van der Waals surface area contributed by atoms with Gasteiger partial charge in [-0.1, -0.05) is 41.5 Å². The molecular weight excluding hydrogens is 301 g/mol. The van der Waals surface area contributed by atoms with E-state index in [2.05, 4.69) is 15.5 Å². The molecule has 0 bridgehead atoms. The number of anilines is 1. The number of ether oxygens (including phenoxy) is 1. The zero-order valence-corrected chi connectivity index (χ0v) is 12.7. The minimum Gasteiger partial charge on any atom is -0.472 e. The van der Waals surface area contributed by atoms with Gasteiger partial charge in [-0.2, -0.15) is 0 Å². The second-order valence-electron chi connectivity index (χ2n) is 4.61. The summed E-state index contributed by atoms with van der Waals surface area (Å²) >= 11 is 1.34. The molecule has 6 heteroatoms. The minimum atomic E-state index is -0.221. The van der Waals surface area contributed by atoms with Crippen molar-refractivity contribution in [3.8, 4) is 16.3 Å². The number of aromatic nitrogens is 2. The van der Waals surface area contributed by atoms with E-state index in [0.29, 0.717) is 22.4 Å². The molecule has 0 aliphatic carbocycles. The van der Waals surface area contributed by atoms with E-state index in [1.165, 1.54) is 17.4 Å². The Balaban J connectivity index is 1.75. The number of hydrogen-bond donors (Lipinski definition) is 1. The predicted molar refractivity (Wildman–Crippen MR) is 85.6 cm³/mol. The van der Waals surface area contributed by atoms with E-state index < -0.39 is 0 Å². The predicted octanol–water partition coefficient (Wildman–Crippen LogP) is 3.96. The van der Waals surface area contributed by atoms with Gasteiger partial charge in [0, 0.05) is 12.1 Å². The zero-order chi connectivity index (χ0) is 15.4. The molecule has 0 saturated heterocycles.